The molecule has 0 aromatic carbocycles. The van der Waals surface area contributed by atoms with E-state index in [4.69, 9.17) is 28.8 Å². The largest absolute Gasteiger partial charge is 0.391 e. The van der Waals surface area contributed by atoms with Crippen LogP contribution in [-0.4, -0.2) is 99.7 Å². The van der Waals surface area contributed by atoms with Gasteiger partial charge in [0.15, 0.2) is 12.6 Å². The molecule has 0 radical (unpaired) electrons. The van der Waals surface area contributed by atoms with Crippen LogP contribution in [0.2, 0.25) is 0 Å². The van der Waals surface area contributed by atoms with Crippen LogP contribution in [0.3, 0.4) is 0 Å². The smallest absolute Gasteiger partial charge is 0.180 e. The molecule has 0 fully saturated rings. The van der Waals surface area contributed by atoms with Crippen molar-refractivity contribution < 1.29 is 33.9 Å². The van der Waals surface area contributed by atoms with Crippen LogP contribution in [0.15, 0.2) is 0 Å². The van der Waals surface area contributed by atoms with E-state index in [9.17, 15) is 5.11 Å². The lowest BCUT2D eigenvalue weighted by atomic mass is 10.5. The molecule has 0 aliphatic carbocycles. The van der Waals surface area contributed by atoms with E-state index in [1.807, 2.05) is 23.5 Å². The maximum absolute atomic E-state index is 9.29. The van der Waals surface area contributed by atoms with Gasteiger partial charge in [-0.1, -0.05) is 0 Å². The van der Waals surface area contributed by atoms with Crippen molar-refractivity contribution in [2.24, 2.45) is 0 Å². The van der Waals surface area contributed by atoms with Crippen LogP contribution in [0.5, 0.6) is 0 Å². The number of hydrogen-bond donors (Lipinski definition) is 2. The molecule has 0 aliphatic rings. The molecule has 152 valence electrons. The average Bonchev–Trinajstić information content (AvgIpc) is 2.62. The zero-order chi connectivity index (χ0) is 18.6. The maximum atomic E-state index is 9.29. The number of thioether (sulfide) groups is 2. The second kappa shape index (κ2) is 20.7. The van der Waals surface area contributed by atoms with E-state index in [-0.39, 0.29) is 13.2 Å². The molecule has 0 amide bonds. The minimum Gasteiger partial charge on any atom is -0.391 e. The van der Waals surface area contributed by atoms with Crippen molar-refractivity contribution >= 4 is 23.5 Å². The lowest BCUT2D eigenvalue weighted by molar-refractivity contribution is -0.145. The standard InChI is InChI=1S/C16H34O7S2/c1-19-14-15(18)22-5-3-9-24-11-7-21-8-12-25-10-4-6-23-16(13-17)20-2/h15-18H,3-14H2,1-2H3. The molecular weight excluding hydrogens is 368 g/mol. The summed E-state index contributed by atoms with van der Waals surface area (Å²) in [6, 6.07) is 0. The topological polar surface area (TPSA) is 86.6 Å². The molecule has 0 aromatic rings. The molecule has 9 heteroatoms. The Labute approximate surface area is 160 Å². The fourth-order valence-corrected chi connectivity index (χ4v) is 3.21. The zero-order valence-corrected chi connectivity index (χ0v) is 17.0. The van der Waals surface area contributed by atoms with Gasteiger partial charge in [0.05, 0.1) is 39.6 Å². The molecule has 0 bridgehead atoms. The fourth-order valence-electron chi connectivity index (χ4n) is 1.68. The summed E-state index contributed by atoms with van der Waals surface area (Å²) in [5.41, 5.74) is 0. The van der Waals surface area contributed by atoms with Crippen LogP contribution < -0.4 is 0 Å². The van der Waals surface area contributed by atoms with Gasteiger partial charge in [0.25, 0.3) is 0 Å². The van der Waals surface area contributed by atoms with E-state index in [1.165, 1.54) is 14.2 Å². The number of hydrogen-bond acceptors (Lipinski definition) is 9. The van der Waals surface area contributed by atoms with Crippen LogP contribution in [0.25, 0.3) is 0 Å². The van der Waals surface area contributed by atoms with E-state index < -0.39 is 12.6 Å². The van der Waals surface area contributed by atoms with Crippen molar-refractivity contribution in [1.82, 2.24) is 0 Å². The van der Waals surface area contributed by atoms with Crippen molar-refractivity contribution in [2.45, 2.75) is 25.4 Å². The van der Waals surface area contributed by atoms with Crippen molar-refractivity contribution in [3.8, 4) is 0 Å². The summed E-state index contributed by atoms with van der Waals surface area (Å²) in [6.07, 6.45) is 0.511. The highest BCUT2D eigenvalue weighted by Crippen LogP contribution is 2.05. The van der Waals surface area contributed by atoms with Gasteiger partial charge >= 0.3 is 0 Å². The summed E-state index contributed by atoms with van der Waals surface area (Å²) >= 11 is 3.66. The zero-order valence-electron chi connectivity index (χ0n) is 15.4. The van der Waals surface area contributed by atoms with Gasteiger partial charge < -0.3 is 33.9 Å². The minimum absolute atomic E-state index is 0.113. The van der Waals surface area contributed by atoms with Gasteiger partial charge in [-0.25, -0.2) is 0 Å². The Morgan fingerprint density at radius 3 is 1.96 bits per heavy atom. The summed E-state index contributed by atoms with van der Waals surface area (Å²) in [4.78, 5) is 0. The van der Waals surface area contributed by atoms with Crippen molar-refractivity contribution in [1.29, 1.82) is 0 Å². The highest BCUT2D eigenvalue weighted by molar-refractivity contribution is 7.99. The first-order valence-corrected chi connectivity index (χ1v) is 10.8. The molecule has 2 unspecified atom stereocenters. The number of aliphatic hydroxyl groups excluding tert-OH is 2. The van der Waals surface area contributed by atoms with Gasteiger partial charge in [-0.3, -0.25) is 0 Å². The summed E-state index contributed by atoms with van der Waals surface area (Å²) in [6.45, 7) is 2.75. The Kier molecular flexibility index (Phi) is 21.1. The van der Waals surface area contributed by atoms with Crippen LogP contribution >= 0.6 is 23.5 Å². The maximum Gasteiger partial charge on any atom is 0.180 e. The quantitative estimate of drug-likeness (QED) is 0.230. The molecule has 2 atom stereocenters. The monoisotopic (exact) mass is 402 g/mol. The van der Waals surface area contributed by atoms with Crippen LogP contribution in [0.4, 0.5) is 0 Å². The van der Waals surface area contributed by atoms with Gasteiger partial charge in [-0.15, -0.1) is 0 Å². The molecule has 0 heterocycles. The Balaban J connectivity index is 3.09. The molecule has 0 aliphatic heterocycles. The van der Waals surface area contributed by atoms with Gasteiger partial charge in [0.1, 0.15) is 0 Å². The summed E-state index contributed by atoms with van der Waals surface area (Å²) in [5, 5.41) is 18.2. The van der Waals surface area contributed by atoms with E-state index in [0.29, 0.717) is 13.2 Å². The predicted molar refractivity (Wildman–Crippen MR) is 102 cm³/mol. The van der Waals surface area contributed by atoms with Gasteiger partial charge in [-0.2, -0.15) is 23.5 Å². The van der Waals surface area contributed by atoms with Crippen molar-refractivity contribution in [2.75, 3.05) is 76.9 Å². The van der Waals surface area contributed by atoms with Crippen LogP contribution in [-0.2, 0) is 23.7 Å². The first kappa shape index (κ1) is 25.4. The third-order valence-electron chi connectivity index (χ3n) is 2.95. The molecule has 7 nitrogen and oxygen atoms in total. The summed E-state index contributed by atoms with van der Waals surface area (Å²) in [5.74, 6) is 3.95. The lowest BCUT2D eigenvalue weighted by Crippen LogP contribution is -2.20. The van der Waals surface area contributed by atoms with E-state index in [2.05, 4.69) is 0 Å². The first-order valence-electron chi connectivity index (χ1n) is 8.51. The highest BCUT2D eigenvalue weighted by atomic mass is 32.2. The van der Waals surface area contributed by atoms with E-state index >= 15 is 0 Å². The van der Waals surface area contributed by atoms with Crippen LogP contribution in [0.1, 0.15) is 12.8 Å². The Morgan fingerprint density at radius 2 is 1.44 bits per heavy atom. The van der Waals surface area contributed by atoms with Crippen LogP contribution in [0, 0.1) is 0 Å². The number of methoxy groups -OCH3 is 2. The second-order valence-electron chi connectivity index (χ2n) is 5.04. The fraction of sp³-hybridized carbons (Fsp3) is 1.00. The minimum atomic E-state index is -0.821. The molecule has 0 aromatic heterocycles. The molecule has 0 saturated carbocycles. The predicted octanol–water partition coefficient (Wildman–Crippen LogP) is 1.21. The van der Waals surface area contributed by atoms with Gasteiger partial charge in [0, 0.05) is 25.7 Å². The number of rotatable bonds is 20. The number of aliphatic hydroxyl groups is 2. The van der Waals surface area contributed by atoms with Crippen molar-refractivity contribution in [3.63, 3.8) is 0 Å². The van der Waals surface area contributed by atoms with Gasteiger partial charge in [-0.05, 0) is 24.3 Å². The average molecular weight is 403 g/mol. The molecule has 25 heavy (non-hydrogen) atoms. The van der Waals surface area contributed by atoms with E-state index in [1.54, 1.807) is 0 Å². The summed E-state index contributed by atoms with van der Waals surface area (Å²) in [7, 11) is 3.05. The Hall–Kier alpha value is 0.420. The molecule has 0 saturated heterocycles. The third kappa shape index (κ3) is 19.0. The molecule has 0 rings (SSSR count). The second-order valence-corrected chi connectivity index (χ2v) is 7.49. The number of ether oxygens (including phenoxy) is 5. The van der Waals surface area contributed by atoms with Crippen molar-refractivity contribution in [3.05, 3.63) is 0 Å². The third-order valence-corrected chi connectivity index (χ3v) is 5.01. The molecule has 0 spiro atoms. The molecule has 2 N–H and O–H groups in total. The summed E-state index contributed by atoms with van der Waals surface area (Å²) < 4.78 is 25.7. The SMILES string of the molecule is COCC(O)OCCCSCCOCCSCCCOC(CO)OC. The van der Waals surface area contributed by atoms with Gasteiger partial charge in [0.2, 0.25) is 0 Å². The normalized spacial score (nSPS) is 13.9. The first-order chi connectivity index (χ1) is 12.2. The Bertz CT molecular complexity index is 259. The van der Waals surface area contributed by atoms with E-state index in [0.717, 1.165) is 49.1 Å². The highest BCUT2D eigenvalue weighted by Gasteiger charge is 2.04. The lowest BCUT2D eigenvalue weighted by Gasteiger charge is -2.12. The Morgan fingerprint density at radius 1 is 0.840 bits per heavy atom. The molecular formula is C16H34O7S2.